The van der Waals surface area contributed by atoms with Crippen molar-refractivity contribution in [3.05, 3.63) is 11.6 Å². The lowest BCUT2D eigenvalue weighted by molar-refractivity contribution is 0.0963. The molecule has 0 atom stereocenters. The van der Waals surface area contributed by atoms with Crippen molar-refractivity contribution < 1.29 is 9.53 Å². The van der Waals surface area contributed by atoms with Crippen molar-refractivity contribution in [3.8, 4) is 0 Å². The lowest BCUT2D eigenvalue weighted by Gasteiger charge is -2.31. The normalized spacial score (nSPS) is 18.5. The van der Waals surface area contributed by atoms with Crippen LogP contribution in [0.4, 0.5) is 4.79 Å². The summed E-state index contributed by atoms with van der Waals surface area (Å²) in [6.45, 7) is 5.30. The number of hydrogen-bond acceptors (Lipinski definition) is 5. The molecule has 1 aromatic heterocycles. The Morgan fingerprint density at radius 1 is 1.25 bits per heavy atom. The molecule has 0 unspecified atom stereocenters. The van der Waals surface area contributed by atoms with E-state index in [0.29, 0.717) is 32.2 Å². The van der Waals surface area contributed by atoms with E-state index < -0.39 is 0 Å². The van der Waals surface area contributed by atoms with E-state index in [0.717, 1.165) is 50.3 Å². The molecular weight excluding hydrogens is 358 g/mol. The number of hydrogen-bond donors (Lipinski definition) is 2. The summed E-state index contributed by atoms with van der Waals surface area (Å²) in [5.74, 6) is 2.69. The minimum absolute atomic E-state index is 0.228. The van der Waals surface area contributed by atoms with Gasteiger partial charge in [0.2, 0.25) is 0 Å². The fourth-order valence-corrected chi connectivity index (χ4v) is 3.84. The third-order valence-corrected chi connectivity index (χ3v) is 5.40. The van der Waals surface area contributed by atoms with Gasteiger partial charge in [-0.1, -0.05) is 6.42 Å². The number of guanidine groups is 1. The molecule has 0 aliphatic carbocycles. The predicted octanol–water partition coefficient (Wildman–Crippen LogP) is 1.46. The van der Waals surface area contributed by atoms with Gasteiger partial charge in [-0.05, 0) is 39.0 Å². The summed E-state index contributed by atoms with van der Waals surface area (Å²) in [4.78, 5) is 17.9. The van der Waals surface area contributed by atoms with Crippen LogP contribution in [0.2, 0.25) is 0 Å². The van der Waals surface area contributed by atoms with Crippen LogP contribution in [-0.4, -0.2) is 64.0 Å². The van der Waals surface area contributed by atoms with E-state index in [1.165, 1.54) is 19.3 Å². The Kier molecular flexibility index (Phi) is 7.50. The fraction of sp³-hybridized carbons (Fsp3) is 0.789. The number of aliphatic imine (C=N–C) groups is 1. The molecule has 1 saturated heterocycles. The van der Waals surface area contributed by atoms with E-state index in [1.54, 1.807) is 4.90 Å². The summed E-state index contributed by atoms with van der Waals surface area (Å²) < 4.78 is 7.33. The molecule has 1 aromatic rings. The van der Waals surface area contributed by atoms with Crippen LogP contribution in [0.1, 0.15) is 57.1 Å². The molecule has 0 radical (unpaired) electrons. The van der Waals surface area contributed by atoms with Crippen molar-refractivity contribution in [2.24, 2.45) is 10.7 Å². The number of nitrogens with one attached hydrogen (secondary N) is 1. The van der Waals surface area contributed by atoms with Crippen molar-refractivity contribution in [1.82, 2.24) is 25.0 Å². The molecule has 1 fully saturated rings. The van der Waals surface area contributed by atoms with E-state index in [9.17, 15) is 4.79 Å². The number of amides is 1. The van der Waals surface area contributed by atoms with E-state index in [1.807, 2.05) is 6.92 Å². The van der Waals surface area contributed by atoms with E-state index >= 15 is 0 Å². The highest BCUT2D eigenvalue weighted by atomic mass is 16.6. The van der Waals surface area contributed by atoms with Gasteiger partial charge in [-0.25, -0.2) is 4.79 Å². The van der Waals surface area contributed by atoms with Gasteiger partial charge in [0.25, 0.3) is 0 Å². The third-order valence-electron chi connectivity index (χ3n) is 5.40. The molecule has 0 aromatic carbocycles. The fourth-order valence-electron chi connectivity index (χ4n) is 3.84. The molecule has 0 saturated carbocycles. The van der Waals surface area contributed by atoms with E-state index in [4.69, 9.17) is 10.5 Å². The maximum Gasteiger partial charge on any atom is 0.409 e. The van der Waals surface area contributed by atoms with Crippen LogP contribution < -0.4 is 11.1 Å². The molecule has 2 aliphatic rings. The topological polar surface area (TPSA) is 111 Å². The summed E-state index contributed by atoms with van der Waals surface area (Å²) in [7, 11) is 0. The summed E-state index contributed by atoms with van der Waals surface area (Å²) >= 11 is 0. The van der Waals surface area contributed by atoms with Crippen LogP contribution in [0, 0.1) is 0 Å². The zero-order valence-electron chi connectivity index (χ0n) is 16.9. The highest BCUT2D eigenvalue weighted by molar-refractivity contribution is 5.78. The maximum absolute atomic E-state index is 11.7. The highest BCUT2D eigenvalue weighted by Gasteiger charge is 2.23. The number of likely N-dealkylation sites (tertiary alicyclic amines) is 1. The molecule has 28 heavy (non-hydrogen) atoms. The lowest BCUT2D eigenvalue weighted by Crippen LogP contribution is -2.48. The van der Waals surface area contributed by atoms with Crippen molar-refractivity contribution in [1.29, 1.82) is 0 Å². The zero-order valence-corrected chi connectivity index (χ0v) is 16.9. The summed E-state index contributed by atoms with van der Waals surface area (Å²) in [6.07, 6.45) is 7.98. The molecule has 3 N–H and O–H groups in total. The number of carbonyl (C=O) groups excluding carboxylic acids is 1. The number of piperidine rings is 1. The first-order valence-electron chi connectivity index (χ1n) is 10.6. The Morgan fingerprint density at radius 3 is 2.86 bits per heavy atom. The van der Waals surface area contributed by atoms with Gasteiger partial charge in [-0.3, -0.25) is 4.99 Å². The number of aromatic nitrogens is 3. The number of rotatable bonds is 6. The highest BCUT2D eigenvalue weighted by Crippen LogP contribution is 2.15. The van der Waals surface area contributed by atoms with Gasteiger partial charge in [0.15, 0.2) is 5.96 Å². The first kappa shape index (κ1) is 20.4. The second kappa shape index (κ2) is 10.3. The van der Waals surface area contributed by atoms with E-state index in [-0.39, 0.29) is 12.1 Å². The second-order valence-corrected chi connectivity index (χ2v) is 7.47. The van der Waals surface area contributed by atoms with Gasteiger partial charge in [0, 0.05) is 45.1 Å². The zero-order chi connectivity index (χ0) is 19.8. The summed E-state index contributed by atoms with van der Waals surface area (Å²) in [6, 6.07) is 0.252. The van der Waals surface area contributed by atoms with Gasteiger partial charge in [0.05, 0.1) is 6.61 Å². The average molecular weight is 392 g/mol. The summed E-state index contributed by atoms with van der Waals surface area (Å²) in [5, 5.41) is 12.0. The van der Waals surface area contributed by atoms with Crippen molar-refractivity contribution in [2.45, 2.75) is 70.9 Å². The minimum atomic E-state index is -0.228. The molecule has 156 valence electrons. The van der Waals surface area contributed by atoms with Crippen LogP contribution >= 0.6 is 0 Å². The monoisotopic (exact) mass is 391 g/mol. The maximum atomic E-state index is 11.7. The van der Waals surface area contributed by atoms with Gasteiger partial charge < -0.3 is 25.3 Å². The van der Waals surface area contributed by atoms with Crippen molar-refractivity contribution in [2.75, 3.05) is 26.2 Å². The molecule has 0 spiro atoms. The molecule has 3 heterocycles. The number of ether oxygens (including phenoxy) is 1. The van der Waals surface area contributed by atoms with Crippen LogP contribution in [-0.2, 0) is 24.1 Å². The molecule has 9 heteroatoms. The smallest absolute Gasteiger partial charge is 0.409 e. The second-order valence-electron chi connectivity index (χ2n) is 7.47. The predicted molar refractivity (Wildman–Crippen MR) is 107 cm³/mol. The number of carbonyl (C=O) groups is 1. The molecule has 3 rings (SSSR count). The molecule has 0 bridgehead atoms. The SMILES string of the molecule is CCOC(=O)N1CCC(NC(N)=NCCCc2nnc3n2CCCCC3)CC1. The van der Waals surface area contributed by atoms with Gasteiger partial charge >= 0.3 is 6.09 Å². The van der Waals surface area contributed by atoms with Gasteiger partial charge in [-0.2, -0.15) is 0 Å². The van der Waals surface area contributed by atoms with Crippen LogP contribution in [0.15, 0.2) is 4.99 Å². The Bertz CT molecular complexity index is 665. The standard InChI is InChI=1S/C19H33N7O2/c1-2-28-19(27)25-13-9-15(10-14-25)22-18(20)21-11-6-8-17-24-23-16-7-4-3-5-12-26(16)17/h15H,2-14H2,1H3,(H3,20,21,22). The first-order valence-corrected chi connectivity index (χ1v) is 10.6. The largest absolute Gasteiger partial charge is 0.450 e. The molecule has 9 nitrogen and oxygen atoms in total. The molecule has 1 amide bonds. The summed E-state index contributed by atoms with van der Waals surface area (Å²) in [5.41, 5.74) is 6.04. The van der Waals surface area contributed by atoms with Crippen LogP contribution in [0.3, 0.4) is 0 Å². The third kappa shape index (κ3) is 5.59. The Balaban J connectivity index is 1.36. The van der Waals surface area contributed by atoms with Crippen molar-refractivity contribution in [3.63, 3.8) is 0 Å². The van der Waals surface area contributed by atoms with Crippen molar-refractivity contribution >= 4 is 12.1 Å². The Labute approximate surface area is 166 Å². The number of nitrogens with zero attached hydrogens (tertiary/aromatic N) is 5. The van der Waals surface area contributed by atoms with Crippen LogP contribution in [0.25, 0.3) is 0 Å². The average Bonchev–Trinajstić information content (AvgIpc) is 2.92. The van der Waals surface area contributed by atoms with Gasteiger partial charge in [-0.15, -0.1) is 10.2 Å². The van der Waals surface area contributed by atoms with Gasteiger partial charge in [0.1, 0.15) is 11.6 Å². The molecule has 2 aliphatic heterocycles. The quantitative estimate of drug-likeness (QED) is 0.431. The van der Waals surface area contributed by atoms with E-state index in [2.05, 4.69) is 25.1 Å². The lowest BCUT2D eigenvalue weighted by atomic mass is 10.1. The minimum Gasteiger partial charge on any atom is -0.450 e. The first-order chi connectivity index (χ1) is 13.7. The molecular formula is C19H33N7O2. The number of nitrogens with two attached hydrogens (primary N) is 1. The Morgan fingerprint density at radius 2 is 2.07 bits per heavy atom. The van der Waals surface area contributed by atoms with Crippen LogP contribution in [0.5, 0.6) is 0 Å². The number of aryl methyl sites for hydroxylation is 2. The number of fused-ring (bicyclic) bond motifs is 1. The Hall–Kier alpha value is -2.32.